The molecule has 0 aromatic heterocycles. The van der Waals surface area contributed by atoms with Crippen molar-refractivity contribution in [1.82, 2.24) is 0 Å². The Balaban J connectivity index is 4.39. The van der Waals surface area contributed by atoms with Crippen LogP contribution in [0.1, 0.15) is 34.6 Å². The first-order chi connectivity index (χ1) is 8.68. The Kier molecular flexibility index (Phi) is 7.12. The predicted molar refractivity (Wildman–Crippen MR) is 74.5 cm³/mol. The van der Waals surface area contributed by atoms with Crippen LogP contribution in [-0.4, -0.2) is 25.2 Å². The molecule has 0 saturated heterocycles. The molecule has 1 unspecified atom stereocenters. The molecule has 0 heterocycles. The molecule has 0 aliphatic heterocycles. The third-order valence-corrected chi connectivity index (χ3v) is 2.43. The van der Waals surface area contributed by atoms with Crippen molar-refractivity contribution in [3.8, 4) is 0 Å². The lowest BCUT2D eigenvalue weighted by molar-refractivity contribution is -0.154. The summed E-state index contributed by atoms with van der Waals surface area (Å²) >= 11 is 0. The highest BCUT2D eigenvalue weighted by atomic mass is 16.6. The zero-order chi connectivity index (χ0) is 15.1. The molecule has 0 N–H and O–H groups in total. The van der Waals surface area contributed by atoms with Crippen molar-refractivity contribution in [2.45, 2.75) is 34.6 Å². The van der Waals surface area contributed by atoms with Gasteiger partial charge in [0.1, 0.15) is 13.2 Å². The Morgan fingerprint density at radius 3 is 2.11 bits per heavy atom. The molecule has 0 spiro atoms. The van der Waals surface area contributed by atoms with E-state index in [1.54, 1.807) is 0 Å². The maximum atomic E-state index is 12.0. The van der Waals surface area contributed by atoms with Crippen LogP contribution in [0.4, 0.5) is 0 Å². The SMILES string of the molecule is C=CC(=O)OCCOC(=O)C(C=C(C)C)C(C)(C)C. The average molecular weight is 268 g/mol. The van der Waals surface area contributed by atoms with Crippen molar-refractivity contribution in [2.24, 2.45) is 11.3 Å². The topological polar surface area (TPSA) is 52.6 Å². The lowest BCUT2D eigenvalue weighted by atomic mass is 9.80. The lowest BCUT2D eigenvalue weighted by Crippen LogP contribution is -2.29. The lowest BCUT2D eigenvalue weighted by Gasteiger charge is -2.26. The van der Waals surface area contributed by atoms with Gasteiger partial charge >= 0.3 is 11.9 Å². The van der Waals surface area contributed by atoms with Crippen LogP contribution in [0, 0.1) is 11.3 Å². The van der Waals surface area contributed by atoms with Gasteiger partial charge in [0.05, 0.1) is 5.92 Å². The van der Waals surface area contributed by atoms with E-state index in [0.717, 1.165) is 11.6 Å². The molecule has 19 heavy (non-hydrogen) atoms. The van der Waals surface area contributed by atoms with Crippen LogP contribution >= 0.6 is 0 Å². The maximum absolute atomic E-state index is 12.0. The highest BCUT2D eigenvalue weighted by molar-refractivity contribution is 5.81. The third-order valence-electron chi connectivity index (χ3n) is 2.43. The molecular formula is C15H24O4. The van der Waals surface area contributed by atoms with Crippen LogP contribution in [0.15, 0.2) is 24.3 Å². The zero-order valence-corrected chi connectivity index (χ0v) is 12.5. The van der Waals surface area contributed by atoms with E-state index < -0.39 is 5.97 Å². The minimum Gasteiger partial charge on any atom is -0.462 e. The molecule has 0 saturated carbocycles. The smallest absolute Gasteiger partial charge is 0.330 e. The Morgan fingerprint density at radius 1 is 1.16 bits per heavy atom. The molecule has 0 radical (unpaired) electrons. The van der Waals surface area contributed by atoms with Gasteiger partial charge in [-0.2, -0.15) is 0 Å². The van der Waals surface area contributed by atoms with Gasteiger partial charge in [-0.25, -0.2) is 4.79 Å². The molecule has 0 aliphatic carbocycles. The summed E-state index contributed by atoms with van der Waals surface area (Å²) in [5, 5.41) is 0. The van der Waals surface area contributed by atoms with Crippen LogP contribution in [0.3, 0.4) is 0 Å². The Labute approximate surface area is 115 Å². The van der Waals surface area contributed by atoms with Crippen molar-refractivity contribution in [3.63, 3.8) is 0 Å². The Morgan fingerprint density at radius 2 is 1.68 bits per heavy atom. The molecule has 108 valence electrons. The second-order valence-corrected chi connectivity index (χ2v) is 5.63. The van der Waals surface area contributed by atoms with Gasteiger partial charge < -0.3 is 9.47 Å². The fourth-order valence-electron chi connectivity index (χ4n) is 1.44. The maximum Gasteiger partial charge on any atom is 0.330 e. The zero-order valence-electron chi connectivity index (χ0n) is 12.5. The van der Waals surface area contributed by atoms with Crippen LogP contribution in [0.2, 0.25) is 0 Å². The van der Waals surface area contributed by atoms with Gasteiger partial charge in [0.15, 0.2) is 0 Å². The molecule has 1 atom stereocenters. The molecule has 0 aliphatic rings. The Hall–Kier alpha value is -1.58. The normalized spacial score (nSPS) is 12.3. The number of carbonyl (C=O) groups is 2. The van der Waals surface area contributed by atoms with E-state index in [-0.39, 0.29) is 30.5 Å². The largest absolute Gasteiger partial charge is 0.462 e. The second-order valence-electron chi connectivity index (χ2n) is 5.63. The van der Waals surface area contributed by atoms with Crippen LogP contribution in [0.5, 0.6) is 0 Å². The van der Waals surface area contributed by atoms with Gasteiger partial charge in [0.2, 0.25) is 0 Å². The highest BCUT2D eigenvalue weighted by Crippen LogP contribution is 2.29. The first kappa shape index (κ1) is 17.4. The minimum absolute atomic E-state index is 0.0439. The van der Waals surface area contributed by atoms with E-state index in [0.29, 0.717) is 0 Å². The van der Waals surface area contributed by atoms with Crippen LogP contribution in [0.25, 0.3) is 0 Å². The fraction of sp³-hybridized carbons (Fsp3) is 0.600. The van der Waals surface area contributed by atoms with E-state index in [1.165, 1.54) is 0 Å². The predicted octanol–water partition coefficient (Wildman–Crippen LogP) is 2.89. The average Bonchev–Trinajstić information content (AvgIpc) is 2.29. The number of hydrogen-bond donors (Lipinski definition) is 0. The summed E-state index contributed by atoms with van der Waals surface area (Å²) < 4.78 is 9.87. The van der Waals surface area contributed by atoms with Crippen molar-refractivity contribution >= 4 is 11.9 Å². The minimum atomic E-state index is -0.521. The molecular weight excluding hydrogens is 244 g/mol. The van der Waals surface area contributed by atoms with Gasteiger partial charge in [-0.15, -0.1) is 0 Å². The summed E-state index contributed by atoms with van der Waals surface area (Å²) in [4.78, 5) is 22.8. The first-order valence-electron chi connectivity index (χ1n) is 6.29. The van der Waals surface area contributed by atoms with Crippen LogP contribution in [-0.2, 0) is 19.1 Å². The monoisotopic (exact) mass is 268 g/mol. The quantitative estimate of drug-likeness (QED) is 0.322. The van der Waals surface area contributed by atoms with Crippen molar-refractivity contribution in [3.05, 3.63) is 24.3 Å². The van der Waals surface area contributed by atoms with E-state index in [9.17, 15) is 9.59 Å². The number of ether oxygens (including phenoxy) is 2. The van der Waals surface area contributed by atoms with Gasteiger partial charge in [0, 0.05) is 6.08 Å². The second kappa shape index (κ2) is 7.77. The highest BCUT2D eigenvalue weighted by Gasteiger charge is 2.30. The molecule has 0 aromatic carbocycles. The van der Waals surface area contributed by atoms with Crippen LogP contribution < -0.4 is 0 Å². The number of esters is 2. The van der Waals surface area contributed by atoms with E-state index in [1.807, 2.05) is 40.7 Å². The van der Waals surface area contributed by atoms with E-state index >= 15 is 0 Å². The van der Waals surface area contributed by atoms with Gasteiger partial charge in [-0.1, -0.05) is 39.0 Å². The van der Waals surface area contributed by atoms with Crippen molar-refractivity contribution in [1.29, 1.82) is 0 Å². The van der Waals surface area contributed by atoms with Gasteiger partial charge in [-0.3, -0.25) is 4.79 Å². The molecule has 0 aromatic rings. The van der Waals surface area contributed by atoms with E-state index in [2.05, 4.69) is 6.58 Å². The molecule has 0 rings (SSSR count). The summed E-state index contributed by atoms with van der Waals surface area (Å²) in [6, 6.07) is 0. The first-order valence-corrected chi connectivity index (χ1v) is 6.29. The molecule has 4 heteroatoms. The Bertz CT molecular complexity index is 357. The number of hydrogen-bond acceptors (Lipinski definition) is 4. The molecule has 4 nitrogen and oxygen atoms in total. The van der Waals surface area contributed by atoms with E-state index in [4.69, 9.17) is 9.47 Å². The standard InChI is InChI=1S/C15H24O4/c1-7-13(16)18-8-9-19-14(17)12(10-11(2)3)15(4,5)6/h7,10,12H,1,8-9H2,2-6H3. The molecule has 0 amide bonds. The number of rotatable bonds is 6. The molecule has 0 bridgehead atoms. The van der Waals surface area contributed by atoms with Gasteiger partial charge in [0.25, 0.3) is 0 Å². The summed E-state index contributed by atoms with van der Waals surface area (Å²) in [6.45, 7) is 13.2. The third kappa shape index (κ3) is 7.44. The number of allylic oxidation sites excluding steroid dienone is 1. The van der Waals surface area contributed by atoms with Gasteiger partial charge in [-0.05, 0) is 19.3 Å². The van der Waals surface area contributed by atoms with Crippen molar-refractivity contribution < 1.29 is 19.1 Å². The summed E-state index contributed by atoms with van der Waals surface area (Å²) in [5.41, 5.74) is 0.849. The number of carbonyl (C=O) groups excluding carboxylic acids is 2. The summed E-state index contributed by atoms with van der Waals surface area (Å²) in [7, 11) is 0. The summed E-state index contributed by atoms with van der Waals surface area (Å²) in [5.74, 6) is -1.14. The van der Waals surface area contributed by atoms with Crippen molar-refractivity contribution in [2.75, 3.05) is 13.2 Å². The molecule has 0 fully saturated rings. The summed E-state index contributed by atoms with van der Waals surface area (Å²) in [6.07, 6.45) is 2.97. The fourth-order valence-corrected chi connectivity index (χ4v) is 1.44.